The van der Waals surface area contributed by atoms with Gasteiger partial charge in [0.05, 0.1) is 11.1 Å². The Morgan fingerprint density at radius 2 is 1.85 bits per heavy atom. The number of allylic oxidation sites excluding steroid dienone is 1. The van der Waals surface area contributed by atoms with Crippen LogP contribution in [0.1, 0.15) is 53.7 Å². The lowest BCUT2D eigenvalue weighted by atomic mass is 10.0. The number of ketones is 1. The maximum absolute atomic E-state index is 12.8. The summed E-state index contributed by atoms with van der Waals surface area (Å²) in [5.41, 5.74) is 3.36. The van der Waals surface area contributed by atoms with Gasteiger partial charge in [0.25, 0.3) is 0 Å². The van der Waals surface area contributed by atoms with Crippen molar-refractivity contribution in [3.8, 4) is 11.5 Å². The van der Waals surface area contributed by atoms with Gasteiger partial charge in [0, 0.05) is 6.54 Å². The molecule has 0 saturated carbocycles. The highest BCUT2D eigenvalue weighted by Gasteiger charge is 2.31. The summed E-state index contributed by atoms with van der Waals surface area (Å²) in [5.74, 6) is 0.817. The Morgan fingerprint density at radius 1 is 1.11 bits per heavy atom. The molecule has 1 aliphatic heterocycles. The van der Waals surface area contributed by atoms with E-state index in [9.17, 15) is 9.90 Å². The van der Waals surface area contributed by atoms with E-state index in [-0.39, 0.29) is 11.5 Å². The molecule has 2 aromatic carbocycles. The minimum absolute atomic E-state index is 0.137. The Hall–Kier alpha value is -2.59. The molecule has 4 nitrogen and oxygen atoms in total. The maximum atomic E-state index is 12.8. The summed E-state index contributed by atoms with van der Waals surface area (Å²) >= 11 is 0. The maximum Gasteiger partial charge on any atom is 0.231 e. The number of rotatable bonds is 7. The van der Waals surface area contributed by atoms with Crippen molar-refractivity contribution in [1.82, 2.24) is 4.90 Å². The predicted octanol–water partition coefficient (Wildman–Crippen LogP) is 4.80. The van der Waals surface area contributed by atoms with Crippen molar-refractivity contribution in [2.45, 2.75) is 39.7 Å². The number of Topliss-reactive ketones (excluding diaryl/α,β-unsaturated/α-hetero) is 1. The highest BCUT2D eigenvalue weighted by atomic mass is 16.5. The van der Waals surface area contributed by atoms with E-state index in [0.29, 0.717) is 29.2 Å². The van der Waals surface area contributed by atoms with Gasteiger partial charge in [-0.15, -0.1) is 0 Å². The van der Waals surface area contributed by atoms with Crippen LogP contribution < -0.4 is 4.74 Å². The lowest BCUT2D eigenvalue weighted by molar-refractivity contribution is 0.101. The fraction of sp³-hybridized carbons (Fsp3) is 0.348. The Kier molecular flexibility index (Phi) is 5.97. The third kappa shape index (κ3) is 4.22. The number of ether oxygens (including phenoxy) is 1. The number of phenols is 1. The van der Waals surface area contributed by atoms with Gasteiger partial charge >= 0.3 is 0 Å². The van der Waals surface area contributed by atoms with Gasteiger partial charge in [0.15, 0.2) is 5.76 Å². The van der Waals surface area contributed by atoms with Crippen LogP contribution in [0.3, 0.4) is 0 Å². The molecule has 1 N–H and O–H groups in total. The summed E-state index contributed by atoms with van der Waals surface area (Å²) in [7, 11) is 2.01. The molecule has 0 amide bonds. The Morgan fingerprint density at radius 3 is 2.52 bits per heavy atom. The molecule has 0 saturated heterocycles. The summed E-state index contributed by atoms with van der Waals surface area (Å²) in [6.07, 6.45) is 4.95. The van der Waals surface area contributed by atoms with Crippen LogP contribution in [0.25, 0.3) is 6.08 Å². The van der Waals surface area contributed by atoms with E-state index in [1.807, 2.05) is 19.2 Å². The first-order valence-electron chi connectivity index (χ1n) is 9.60. The largest absolute Gasteiger partial charge is 0.507 e. The molecule has 1 aliphatic rings. The zero-order chi connectivity index (χ0) is 19.4. The molecule has 0 aromatic heterocycles. The van der Waals surface area contributed by atoms with Crippen molar-refractivity contribution in [3.05, 3.63) is 64.4 Å². The van der Waals surface area contributed by atoms with Gasteiger partial charge in [-0.25, -0.2) is 0 Å². The fourth-order valence-corrected chi connectivity index (χ4v) is 3.23. The summed E-state index contributed by atoms with van der Waals surface area (Å²) in [4.78, 5) is 14.9. The van der Waals surface area contributed by atoms with Crippen LogP contribution in [0, 0.1) is 0 Å². The molecule has 0 radical (unpaired) electrons. The molecule has 1 heterocycles. The number of aryl methyl sites for hydroxylation is 1. The summed E-state index contributed by atoms with van der Waals surface area (Å²) < 4.78 is 5.92. The number of unbranched alkanes of at least 4 members (excludes halogenated alkanes) is 1. The quantitative estimate of drug-likeness (QED) is 0.716. The minimum Gasteiger partial charge on any atom is -0.507 e. The molecule has 0 aliphatic carbocycles. The third-order valence-electron chi connectivity index (χ3n) is 4.92. The highest BCUT2D eigenvalue weighted by Crippen LogP contribution is 2.40. The zero-order valence-electron chi connectivity index (χ0n) is 16.3. The second-order valence-corrected chi connectivity index (χ2v) is 7.07. The average Bonchev–Trinajstić information content (AvgIpc) is 2.99. The topological polar surface area (TPSA) is 49.8 Å². The van der Waals surface area contributed by atoms with Gasteiger partial charge in [-0.05, 0) is 55.8 Å². The van der Waals surface area contributed by atoms with Crippen LogP contribution in [0.15, 0.2) is 42.2 Å². The van der Waals surface area contributed by atoms with Crippen molar-refractivity contribution in [2.75, 3.05) is 13.6 Å². The van der Waals surface area contributed by atoms with Gasteiger partial charge in [0.1, 0.15) is 11.5 Å². The molecule has 0 spiro atoms. The van der Waals surface area contributed by atoms with Crippen LogP contribution >= 0.6 is 0 Å². The SMILES string of the molecule is CCCCN(C)Cc1c(O)ccc2c1O/C(=C\c1ccc(CC)cc1)C2=O. The summed E-state index contributed by atoms with van der Waals surface area (Å²) in [6.45, 7) is 5.73. The first-order valence-corrected chi connectivity index (χ1v) is 9.60. The number of aromatic hydroxyl groups is 1. The number of benzene rings is 2. The van der Waals surface area contributed by atoms with E-state index in [1.54, 1.807) is 18.2 Å². The molecule has 0 unspecified atom stereocenters. The number of fused-ring (bicyclic) bond motifs is 1. The fourth-order valence-electron chi connectivity index (χ4n) is 3.23. The normalized spacial score (nSPS) is 14.7. The Balaban J connectivity index is 1.87. The number of carbonyl (C=O) groups is 1. The van der Waals surface area contributed by atoms with Crippen molar-refractivity contribution in [3.63, 3.8) is 0 Å². The van der Waals surface area contributed by atoms with Crippen LogP contribution in [0.2, 0.25) is 0 Å². The summed E-state index contributed by atoms with van der Waals surface area (Å²) in [6, 6.07) is 11.3. The molecular weight excluding hydrogens is 338 g/mol. The molecule has 4 heteroatoms. The Bertz CT molecular complexity index is 853. The van der Waals surface area contributed by atoms with E-state index in [4.69, 9.17) is 4.74 Å². The van der Waals surface area contributed by atoms with Crippen molar-refractivity contribution >= 4 is 11.9 Å². The van der Waals surface area contributed by atoms with E-state index in [1.165, 1.54) is 5.56 Å². The van der Waals surface area contributed by atoms with Crippen LogP contribution in [0.5, 0.6) is 11.5 Å². The molecular formula is C23H27NO3. The number of carbonyl (C=O) groups excluding carboxylic acids is 1. The second-order valence-electron chi connectivity index (χ2n) is 7.07. The van der Waals surface area contributed by atoms with Crippen LogP contribution in [-0.4, -0.2) is 29.4 Å². The van der Waals surface area contributed by atoms with Gasteiger partial charge in [-0.3, -0.25) is 4.79 Å². The zero-order valence-corrected chi connectivity index (χ0v) is 16.3. The second kappa shape index (κ2) is 8.40. The number of nitrogens with zero attached hydrogens (tertiary/aromatic N) is 1. The molecule has 3 rings (SSSR count). The minimum atomic E-state index is -0.137. The predicted molar refractivity (Wildman–Crippen MR) is 108 cm³/mol. The van der Waals surface area contributed by atoms with Crippen LogP contribution in [0.4, 0.5) is 0 Å². The monoisotopic (exact) mass is 365 g/mol. The van der Waals surface area contributed by atoms with Crippen molar-refractivity contribution in [2.24, 2.45) is 0 Å². The smallest absolute Gasteiger partial charge is 0.231 e. The standard InChI is InChI=1S/C23H27NO3/c1-4-6-13-24(3)15-19-20(25)12-11-18-22(26)21(27-23(18)19)14-17-9-7-16(5-2)8-10-17/h7-12,14,25H,4-6,13,15H2,1-3H3/b21-14-. The number of phenolic OH excluding ortho intramolecular Hbond substituents is 1. The highest BCUT2D eigenvalue weighted by molar-refractivity contribution is 6.15. The van der Waals surface area contributed by atoms with E-state index >= 15 is 0 Å². The van der Waals surface area contributed by atoms with Gasteiger partial charge in [0.2, 0.25) is 5.78 Å². The Labute approximate surface area is 161 Å². The molecule has 27 heavy (non-hydrogen) atoms. The first-order chi connectivity index (χ1) is 13.0. The summed E-state index contributed by atoms with van der Waals surface area (Å²) in [5, 5.41) is 10.3. The molecule has 0 bridgehead atoms. The average molecular weight is 365 g/mol. The van der Waals surface area contributed by atoms with E-state index < -0.39 is 0 Å². The van der Waals surface area contributed by atoms with Crippen molar-refractivity contribution < 1.29 is 14.6 Å². The molecule has 2 aromatic rings. The molecule has 0 fully saturated rings. The third-order valence-corrected chi connectivity index (χ3v) is 4.92. The number of hydrogen-bond acceptors (Lipinski definition) is 4. The van der Waals surface area contributed by atoms with Gasteiger partial charge in [-0.1, -0.05) is 44.5 Å². The van der Waals surface area contributed by atoms with E-state index in [0.717, 1.165) is 31.4 Å². The number of hydrogen-bond donors (Lipinski definition) is 1. The lowest BCUT2D eigenvalue weighted by Gasteiger charge is -2.18. The van der Waals surface area contributed by atoms with E-state index in [2.05, 4.69) is 30.9 Å². The van der Waals surface area contributed by atoms with Gasteiger partial charge in [-0.2, -0.15) is 0 Å². The van der Waals surface area contributed by atoms with Crippen molar-refractivity contribution in [1.29, 1.82) is 0 Å². The molecule has 142 valence electrons. The first kappa shape index (κ1) is 19.2. The molecule has 0 atom stereocenters. The van der Waals surface area contributed by atoms with Gasteiger partial charge < -0.3 is 14.7 Å². The van der Waals surface area contributed by atoms with Crippen LogP contribution in [-0.2, 0) is 13.0 Å². The lowest BCUT2D eigenvalue weighted by Crippen LogP contribution is -2.19.